The summed E-state index contributed by atoms with van der Waals surface area (Å²) in [5.74, 6) is 6.72. The van der Waals surface area contributed by atoms with Crippen molar-refractivity contribution in [2.45, 2.75) is 5.16 Å². The van der Waals surface area contributed by atoms with Crippen LogP contribution in [0.5, 0.6) is 0 Å². The quantitative estimate of drug-likeness (QED) is 0.373. The van der Waals surface area contributed by atoms with Crippen LogP contribution in [0.2, 0.25) is 5.02 Å². The van der Waals surface area contributed by atoms with Gasteiger partial charge in [-0.25, -0.2) is 4.68 Å². The van der Waals surface area contributed by atoms with Gasteiger partial charge < -0.3 is 10.7 Å². The molecule has 1 aromatic heterocycles. The van der Waals surface area contributed by atoms with E-state index in [1.54, 1.807) is 23.1 Å². The number of thioether (sulfide) groups is 1. The minimum Gasteiger partial charge on any atom is -0.335 e. The highest BCUT2D eigenvalue weighted by molar-refractivity contribution is 7.99. The number of anilines is 1. The molecule has 2 N–H and O–H groups in total. The molecule has 8 heteroatoms. The fraction of sp³-hybridized carbons (Fsp3) is 0.105. The third kappa shape index (κ3) is 4.50. The summed E-state index contributed by atoms with van der Waals surface area (Å²) in [6, 6.07) is 16.6. The summed E-state index contributed by atoms with van der Waals surface area (Å²) in [4.78, 5) is 14.3. The Labute approximate surface area is 166 Å². The van der Waals surface area contributed by atoms with E-state index in [0.29, 0.717) is 22.5 Å². The van der Waals surface area contributed by atoms with Gasteiger partial charge in [0.2, 0.25) is 11.1 Å². The van der Waals surface area contributed by atoms with E-state index >= 15 is 0 Å². The van der Waals surface area contributed by atoms with Gasteiger partial charge in [-0.05, 0) is 36.4 Å². The summed E-state index contributed by atoms with van der Waals surface area (Å²) >= 11 is 7.14. The Hall–Kier alpha value is -2.77. The van der Waals surface area contributed by atoms with Gasteiger partial charge in [0, 0.05) is 22.8 Å². The fourth-order valence-electron chi connectivity index (χ4n) is 2.46. The van der Waals surface area contributed by atoms with E-state index in [1.807, 2.05) is 42.5 Å². The lowest BCUT2D eigenvalue weighted by molar-refractivity contribution is -0.116. The lowest BCUT2D eigenvalue weighted by Crippen LogP contribution is -2.32. The molecular formula is C19H18ClN5OS. The van der Waals surface area contributed by atoms with Crippen LogP contribution >= 0.6 is 23.4 Å². The molecule has 1 heterocycles. The van der Waals surface area contributed by atoms with Gasteiger partial charge in [0.1, 0.15) is 0 Å². The van der Waals surface area contributed by atoms with Gasteiger partial charge in [0.25, 0.3) is 0 Å². The molecule has 0 unspecified atom stereocenters. The van der Waals surface area contributed by atoms with Crippen LogP contribution in [0.3, 0.4) is 0 Å². The maximum Gasteiger partial charge on any atom is 0.237 e. The first-order chi connectivity index (χ1) is 13.1. The molecule has 0 aliphatic rings. The Morgan fingerprint density at radius 1 is 1.19 bits per heavy atom. The Balaban J connectivity index is 1.71. The molecule has 3 aromatic rings. The maximum absolute atomic E-state index is 12.7. The van der Waals surface area contributed by atoms with E-state index < -0.39 is 0 Å². The first-order valence-corrected chi connectivity index (χ1v) is 9.52. The summed E-state index contributed by atoms with van der Waals surface area (Å²) in [6.07, 6.45) is 1.69. The second-order valence-electron chi connectivity index (χ2n) is 5.60. The van der Waals surface area contributed by atoms with E-state index in [9.17, 15) is 4.79 Å². The number of hydrogen-bond acceptors (Lipinski definition) is 5. The monoisotopic (exact) mass is 399 g/mol. The summed E-state index contributed by atoms with van der Waals surface area (Å²) in [7, 11) is 0. The van der Waals surface area contributed by atoms with E-state index in [2.05, 4.69) is 16.8 Å². The molecule has 0 aliphatic heterocycles. The van der Waals surface area contributed by atoms with Crippen molar-refractivity contribution in [3.05, 3.63) is 72.3 Å². The summed E-state index contributed by atoms with van der Waals surface area (Å²) in [5.41, 5.74) is 1.62. The van der Waals surface area contributed by atoms with Crippen molar-refractivity contribution >= 4 is 35.0 Å². The van der Waals surface area contributed by atoms with Crippen LogP contribution in [0, 0.1) is 0 Å². The molecule has 6 nitrogen and oxygen atoms in total. The van der Waals surface area contributed by atoms with Gasteiger partial charge in [-0.2, -0.15) is 0 Å². The molecule has 0 bridgehead atoms. The van der Waals surface area contributed by atoms with Crippen LogP contribution in [0.4, 0.5) is 5.69 Å². The first-order valence-electron chi connectivity index (χ1n) is 8.15. The van der Waals surface area contributed by atoms with Crippen molar-refractivity contribution in [1.82, 2.24) is 14.9 Å². The Morgan fingerprint density at radius 3 is 2.56 bits per heavy atom. The molecule has 138 valence electrons. The van der Waals surface area contributed by atoms with Crippen molar-refractivity contribution in [2.75, 3.05) is 23.0 Å². The number of carbonyl (C=O) groups excluding carboxylic acids is 1. The second-order valence-corrected chi connectivity index (χ2v) is 6.98. The Morgan fingerprint density at radius 2 is 1.89 bits per heavy atom. The highest BCUT2D eigenvalue weighted by atomic mass is 35.5. The lowest BCUT2D eigenvalue weighted by atomic mass is 10.2. The molecule has 0 aliphatic carbocycles. The van der Waals surface area contributed by atoms with Gasteiger partial charge in [-0.1, -0.05) is 47.6 Å². The normalized spacial score (nSPS) is 10.6. The van der Waals surface area contributed by atoms with Gasteiger partial charge in [0.05, 0.1) is 5.75 Å². The average molecular weight is 400 g/mol. The zero-order chi connectivity index (χ0) is 19.2. The number of halogens is 1. The molecule has 0 fully saturated rings. The number of carbonyl (C=O) groups is 1. The molecule has 3 rings (SSSR count). The first kappa shape index (κ1) is 19.0. The van der Waals surface area contributed by atoms with Crippen LogP contribution in [-0.4, -0.2) is 33.1 Å². The number of amides is 1. The average Bonchev–Trinajstić information content (AvgIpc) is 3.06. The topological polar surface area (TPSA) is 77.0 Å². The van der Waals surface area contributed by atoms with Crippen LogP contribution in [-0.2, 0) is 4.79 Å². The maximum atomic E-state index is 12.7. The van der Waals surface area contributed by atoms with E-state index in [0.717, 1.165) is 11.3 Å². The molecule has 1 amide bonds. The third-order valence-electron chi connectivity index (χ3n) is 3.77. The number of benzene rings is 2. The number of nitrogen functional groups attached to an aromatic ring is 1. The lowest BCUT2D eigenvalue weighted by Gasteiger charge is -2.20. The predicted octanol–water partition coefficient (Wildman–Crippen LogP) is 3.62. The van der Waals surface area contributed by atoms with E-state index in [-0.39, 0.29) is 11.7 Å². The predicted molar refractivity (Wildman–Crippen MR) is 110 cm³/mol. The molecule has 0 saturated carbocycles. The largest absolute Gasteiger partial charge is 0.335 e. The second kappa shape index (κ2) is 8.75. The van der Waals surface area contributed by atoms with Crippen molar-refractivity contribution < 1.29 is 4.79 Å². The summed E-state index contributed by atoms with van der Waals surface area (Å²) < 4.78 is 1.38. The minimum atomic E-state index is -0.0675. The van der Waals surface area contributed by atoms with E-state index in [4.69, 9.17) is 17.4 Å². The molecule has 0 atom stereocenters. The van der Waals surface area contributed by atoms with Crippen molar-refractivity contribution in [3.63, 3.8) is 0 Å². The molecule has 27 heavy (non-hydrogen) atoms. The van der Waals surface area contributed by atoms with E-state index in [1.165, 1.54) is 16.4 Å². The number of nitrogens with two attached hydrogens (primary N) is 1. The van der Waals surface area contributed by atoms with Gasteiger partial charge in [0.15, 0.2) is 5.82 Å². The van der Waals surface area contributed by atoms with Crippen molar-refractivity contribution in [2.24, 2.45) is 0 Å². The number of aromatic nitrogens is 3. The number of rotatable bonds is 7. The summed E-state index contributed by atoms with van der Waals surface area (Å²) in [6.45, 7) is 4.15. The highest BCUT2D eigenvalue weighted by Gasteiger charge is 2.18. The SMILES string of the molecule is C=CCN(C(=O)CSc1nnc(-c2ccc(Cl)cc2)n1N)c1ccccc1. The third-order valence-corrected chi connectivity index (χ3v) is 4.95. The van der Waals surface area contributed by atoms with Gasteiger partial charge in [-0.3, -0.25) is 4.79 Å². The van der Waals surface area contributed by atoms with Gasteiger partial charge >= 0.3 is 0 Å². The zero-order valence-corrected chi connectivity index (χ0v) is 16.0. The fourth-order valence-corrected chi connectivity index (χ4v) is 3.32. The van der Waals surface area contributed by atoms with Crippen LogP contribution in [0.25, 0.3) is 11.4 Å². The van der Waals surface area contributed by atoms with Gasteiger partial charge in [-0.15, -0.1) is 16.8 Å². The number of hydrogen-bond donors (Lipinski definition) is 1. The Kier molecular flexibility index (Phi) is 6.16. The molecular weight excluding hydrogens is 382 g/mol. The number of para-hydroxylation sites is 1. The number of nitrogens with zero attached hydrogens (tertiary/aromatic N) is 4. The summed E-state index contributed by atoms with van der Waals surface area (Å²) in [5, 5.41) is 9.30. The van der Waals surface area contributed by atoms with Crippen LogP contribution in [0.1, 0.15) is 0 Å². The van der Waals surface area contributed by atoms with Crippen LogP contribution in [0.15, 0.2) is 72.4 Å². The highest BCUT2D eigenvalue weighted by Crippen LogP contribution is 2.24. The van der Waals surface area contributed by atoms with Crippen LogP contribution < -0.4 is 10.7 Å². The minimum absolute atomic E-state index is 0.0675. The Bertz CT molecular complexity index is 927. The molecule has 0 spiro atoms. The molecule has 0 saturated heterocycles. The standard InChI is InChI=1S/C19H18ClN5OS/c1-2-12-24(16-6-4-3-5-7-16)17(26)13-27-19-23-22-18(25(19)21)14-8-10-15(20)11-9-14/h2-11H,1,12-13,21H2. The molecule has 2 aromatic carbocycles. The van der Waals surface area contributed by atoms with Crippen molar-refractivity contribution in [1.29, 1.82) is 0 Å². The smallest absolute Gasteiger partial charge is 0.237 e. The zero-order valence-electron chi connectivity index (χ0n) is 14.5. The van der Waals surface area contributed by atoms with Crippen molar-refractivity contribution in [3.8, 4) is 11.4 Å². The molecule has 0 radical (unpaired) electrons.